The molecule has 2 heterocycles. The van der Waals surface area contributed by atoms with Gasteiger partial charge in [-0.1, -0.05) is 12.5 Å². The number of fused-ring (bicyclic) bond motifs is 1. The third-order valence-corrected chi connectivity index (χ3v) is 4.55. The second-order valence-electron chi connectivity index (χ2n) is 5.89. The number of amides is 1. The van der Waals surface area contributed by atoms with Crippen molar-refractivity contribution in [3.8, 4) is 0 Å². The minimum absolute atomic E-state index is 0.0605. The van der Waals surface area contributed by atoms with Crippen LogP contribution >= 0.6 is 0 Å². The van der Waals surface area contributed by atoms with E-state index in [9.17, 15) is 4.79 Å². The summed E-state index contributed by atoms with van der Waals surface area (Å²) in [5.74, 6) is 1.14. The predicted octanol–water partition coefficient (Wildman–Crippen LogP) is 1.59. The maximum absolute atomic E-state index is 12.5. The molecule has 3 unspecified atom stereocenters. The molecule has 0 radical (unpaired) electrons. The van der Waals surface area contributed by atoms with Crippen LogP contribution in [0.3, 0.4) is 0 Å². The van der Waals surface area contributed by atoms with Gasteiger partial charge in [-0.05, 0) is 43.7 Å². The van der Waals surface area contributed by atoms with Gasteiger partial charge in [0.1, 0.15) is 5.69 Å². The van der Waals surface area contributed by atoms with Crippen molar-refractivity contribution in [2.75, 3.05) is 13.1 Å². The molecule has 4 nitrogen and oxygen atoms in total. The lowest BCUT2D eigenvalue weighted by atomic mass is 9.78. The zero-order valence-electron chi connectivity index (χ0n) is 11.4. The van der Waals surface area contributed by atoms with Crippen LogP contribution in [0, 0.1) is 18.8 Å². The van der Waals surface area contributed by atoms with E-state index in [-0.39, 0.29) is 11.9 Å². The van der Waals surface area contributed by atoms with Gasteiger partial charge in [0, 0.05) is 24.8 Å². The van der Waals surface area contributed by atoms with Crippen molar-refractivity contribution in [1.29, 1.82) is 0 Å². The summed E-state index contributed by atoms with van der Waals surface area (Å²) in [6.45, 7) is 3.57. The monoisotopic (exact) mass is 259 g/mol. The molecule has 4 heteroatoms. The van der Waals surface area contributed by atoms with Crippen molar-refractivity contribution in [2.24, 2.45) is 17.6 Å². The highest BCUT2D eigenvalue weighted by Gasteiger charge is 2.40. The molecule has 1 aromatic heterocycles. The zero-order chi connectivity index (χ0) is 13.4. The molecule has 1 aromatic rings. The highest BCUT2D eigenvalue weighted by molar-refractivity contribution is 5.92. The Labute approximate surface area is 114 Å². The molecule has 0 aromatic carbocycles. The molecule has 2 fully saturated rings. The Morgan fingerprint density at radius 3 is 2.95 bits per heavy atom. The Hall–Kier alpha value is -1.42. The molecule has 0 bridgehead atoms. The molecule has 2 N–H and O–H groups in total. The molecular formula is C15H21N3O. The van der Waals surface area contributed by atoms with Crippen molar-refractivity contribution in [3.63, 3.8) is 0 Å². The van der Waals surface area contributed by atoms with E-state index in [4.69, 9.17) is 5.73 Å². The van der Waals surface area contributed by atoms with Gasteiger partial charge in [0.15, 0.2) is 0 Å². The molecule has 1 saturated heterocycles. The normalized spacial score (nSPS) is 30.2. The highest BCUT2D eigenvalue weighted by Crippen LogP contribution is 2.35. The van der Waals surface area contributed by atoms with Crippen LogP contribution in [0.4, 0.5) is 0 Å². The predicted molar refractivity (Wildman–Crippen MR) is 73.7 cm³/mol. The third-order valence-electron chi connectivity index (χ3n) is 4.55. The maximum atomic E-state index is 12.5. The van der Waals surface area contributed by atoms with Crippen LogP contribution in [0.25, 0.3) is 0 Å². The summed E-state index contributed by atoms with van der Waals surface area (Å²) in [5, 5.41) is 0. The van der Waals surface area contributed by atoms with Crippen molar-refractivity contribution >= 4 is 5.91 Å². The first-order valence-corrected chi connectivity index (χ1v) is 7.13. The molecule has 1 saturated carbocycles. The van der Waals surface area contributed by atoms with E-state index < -0.39 is 0 Å². The van der Waals surface area contributed by atoms with E-state index in [1.807, 2.05) is 24.0 Å². The highest BCUT2D eigenvalue weighted by atomic mass is 16.2. The van der Waals surface area contributed by atoms with Gasteiger partial charge in [-0.25, -0.2) is 4.98 Å². The second-order valence-corrected chi connectivity index (χ2v) is 5.89. The summed E-state index contributed by atoms with van der Waals surface area (Å²) in [5.41, 5.74) is 7.64. The van der Waals surface area contributed by atoms with Gasteiger partial charge in [-0.15, -0.1) is 0 Å². The van der Waals surface area contributed by atoms with Crippen molar-refractivity contribution in [2.45, 2.75) is 32.2 Å². The molecule has 3 atom stereocenters. The lowest BCUT2D eigenvalue weighted by Gasteiger charge is -2.29. The van der Waals surface area contributed by atoms with E-state index in [1.165, 1.54) is 12.8 Å². The molecule has 102 valence electrons. The average Bonchev–Trinajstić information content (AvgIpc) is 2.83. The van der Waals surface area contributed by atoms with Crippen molar-refractivity contribution in [1.82, 2.24) is 9.88 Å². The number of hydrogen-bond acceptors (Lipinski definition) is 3. The summed E-state index contributed by atoms with van der Waals surface area (Å²) < 4.78 is 0. The standard InChI is InChI=1S/C15H21N3O/c1-10-4-2-7-14(17-10)15(19)18-8-11-5-3-6-13(16)12(11)9-18/h2,4,7,11-13H,3,5-6,8-9,16H2,1H3. The minimum Gasteiger partial charge on any atom is -0.337 e. The number of aryl methyl sites for hydroxylation is 1. The molecule has 2 aliphatic rings. The van der Waals surface area contributed by atoms with Crippen LogP contribution < -0.4 is 5.73 Å². The number of hydrogen-bond donors (Lipinski definition) is 1. The first kappa shape index (κ1) is 12.6. The summed E-state index contributed by atoms with van der Waals surface area (Å²) in [4.78, 5) is 18.8. The van der Waals surface area contributed by atoms with Crippen LogP contribution in [-0.4, -0.2) is 34.9 Å². The van der Waals surface area contributed by atoms with E-state index in [0.29, 0.717) is 17.5 Å². The summed E-state index contributed by atoms with van der Waals surface area (Å²) in [6, 6.07) is 5.87. The Balaban J connectivity index is 1.75. The quantitative estimate of drug-likeness (QED) is 0.833. The summed E-state index contributed by atoms with van der Waals surface area (Å²) >= 11 is 0. The molecular weight excluding hydrogens is 238 g/mol. The first-order valence-electron chi connectivity index (χ1n) is 7.13. The molecule has 1 amide bonds. The fourth-order valence-electron chi connectivity index (χ4n) is 3.51. The fraction of sp³-hybridized carbons (Fsp3) is 0.600. The van der Waals surface area contributed by atoms with Gasteiger partial charge in [0.05, 0.1) is 0 Å². The van der Waals surface area contributed by atoms with Gasteiger partial charge in [-0.2, -0.15) is 0 Å². The van der Waals surface area contributed by atoms with Gasteiger partial charge >= 0.3 is 0 Å². The number of nitrogens with zero attached hydrogens (tertiary/aromatic N) is 2. The number of carbonyl (C=O) groups excluding carboxylic acids is 1. The van der Waals surface area contributed by atoms with E-state index in [2.05, 4.69) is 4.98 Å². The van der Waals surface area contributed by atoms with Crippen LogP contribution in [-0.2, 0) is 0 Å². The van der Waals surface area contributed by atoms with Crippen LogP contribution in [0.5, 0.6) is 0 Å². The van der Waals surface area contributed by atoms with Gasteiger partial charge in [0.25, 0.3) is 5.91 Å². The summed E-state index contributed by atoms with van der Waals surface area (Å²) in [6.07, 6.45) is 3.52. The Morgan fingerprint density at radius 1 is 1.37 bits per heavy atom. The lowest BCUT2D eigenvalue weighted by molar-refractivity contribution is 0.0777. The lowest BCUT2D eigenvalue weighted by Crippen LogP contribution is -2.38. The largest absolute Gasteiger partial charge is 0.337 e. The van der Waals surface area contributed by atoms with Gasteiger partial charge < -0.3 is 10.6 Å². The van der Waals surface area contributed by atoms with Crippen LogP contribution in [0.1, 0.15) is 35.4 Å². The molecule has 0 spiro atoms. The molecule has 19 heavy (non-hydrogen) atoms. The van der Waals surface area contributed by atoms with Crippen LogP contribution in [0.15, 0.2) is 18.2 Å². The van der Waals surface area contributed by atoms with Crippen LogP contribution in [0.2, 0.25) is 0 Å². The number of carbonyl (C=O) groups is 1. The zero-order valence-corrected chi connectivity index (χ0v) is 11.4. The Kier molecular flexibility index (Phi) is 3.27. The van der Waals surface area contributed by atoms with E-state index >= 15 is 0 Å². The molecule has 1 aliphatic carbocycles. The minimum atomic E-state index is 0.0605. The van der Waals surface area contributed by atoms with Crippen molar-refractivity contribution < 1.29 is 4.79 Å². The van der Waals surface area contributed by atoms with E-state index in [0.717, 1.165) is 25.2 Å². The smallest absolute Gasteiger partial charge is 0.272 e. The number of likely N-dealkylation sites (tertiary alicyclic amines) is 1. The second kappa shape index (κ2) is 4.93. The fourth-order valence-corrected chi connectivity index (χ4v) is 3.51. The maximum Gasteiger partial charge on any atom is 0.272 e. The third kappa shape index (κ3) is 2.37. The average molecular weight is 259 g/mol. The molecule has 3 rings (SSSR count). The number of aromatic nitrogens is 1. The van der Waals surface area contributed by atoms with E-state index in [1.54, 1.807) is 6.07 Å². The number of nitrogens with two attached hydrogens (primary N) is 1. The molecule has 1 aliphatic heterocycles. The number of pyridine rings is 1. The SMILES string of the molecule is Cc1cccc(C(=O)N2CC3CCCC(N)C3C2)n1. The first-order chi connectivity index (χ1) is 9.15. The Bertz CT molecular complexity index is 488. The Morgan fingerprint density at radius 2 is 2.21 bits per heavy atom. The topological polar surface area (TPSA) is 59.2 Å². The van der Waals surface area contributed by atoms with Gasteiger partial charge in [0.2, 0.25) is 0 Å². The number of rotatable bonds is 1. The van der Waals surface area contributed by atoms with Gasteiger partial charge in [-0.3, -0.25) is 4.79 Å². The summed E-state index contributed by atoms with van der Waals surface area (Å²) in [7, 11) is 0. The van der Waals surface area contributed by atoms with Crippen molar-refractivity contribution in [3.05, 3.63) is 29.6 Å².